The van der Waals surface area contributed by atoms with Gasteiger partial charge in [-0.3, -0.25) is 14.3 Å². The fourth-order valence-corrected chi connectivity index (χ4v) is 5.74. The van der Waals surface area contributed by atoms with Gasteiger partial charge in [-0.1, -0.05) is 6.07 Å². The number of aromatic nitrogens is 2. The predicted molar refractivity (Wildman–Crippen MR) is 136 cm³/mol. The number of rotatable bonds is 5. The van der Waals surface area contributed by atoms with E-state index >= 15 is 0 Å². The molecule has 0 spiro atoms. The summed E-state index contributed by atoms with van der Waals surface area (Å²) in [5, 5.41) is 4.69. The highest BCUT2D eigenvalue weighted by Gasteiger charge is 2.33. The minimum absolute atomic E-state index is 0.0105. The van der Waals surface area contributed by atoms with Gasteiger partial charge in [0.05, 0.1) is 12.2 Å². The molecule has 0 radical (unpaired) electrons. The van der Waals surface area contributed by atoms with Crippen molar-refractivity contribution in [1.29, 1.82) is 0 Å². The van der Waals surface area contributed by atoms with Crippen LogP contribution in [0.15, 0.2) is 18.2 Å². The maximum atomic E-state index is 13.4. The van der Waals surface area contributed by atoms with E-state index in [1.54, 1.807) is 4.68 Å². The number of hydrogen-bond donors (Lipinski definition) is 0. The average Bonchev–Trinajstić information content (AvgIpc) is 3.45. The normalized spacial score (nSPS) is 22.6. The molecular weight excluding hydrogens is 456 g/mol. The lowest BCUT2D eigenvalue weighted by molar-refractivity contribution is -0.133. The van der Waals surface area contributed by atoms with Crippen LogP contribution in [0.4, 0.5) is 0 Å². The van der Waals surface area contributed by atoms with Gasteiger partial charge in [-0.2, -0.15) is 5.10 Å². The third-order valence-electron chi connectivity index (χ3n) is 7.78. The van der Waals surface area contributed by atoms with Crippen LogP contribution in [0.5, 0.6) is 5.75 Å². The molecule has 8 heteroatoms. The first-order chi connectivity index (χ1) is 17.3. The van der Waals surface area contributed by atoms with E-state index in [4.69, 9.17) is 14.6 Å². The number of aryl methyl sites for hydroxylation is 2. The van der Waals surface area contributed by atoms with Crippen molar-refractivity contribution in [2.24, 2.45) is 0 Å². The van der Waals surface area contributed by atoms with Gasteiger partial charge < -0.3 is 19.3 Å². The van der Waals surface area contributed by atoms with E-state index in [-0.39, 0.29) is 36.7 Å². The van der Waals surface area contributed by atoms with Gasteiger partial charge >= 0.3 is 0 Å². The SMILES string of the molecule is Cc1ccc(OC2CCN(C(=O)Cn3nc(C(=O)N4C[C@@H](C)O[C@@H](C)C4)c4c3CCC4)CC2)cc1C. The fraction of sp³-hybridized carbons (Fsp3) is 0.607. The molecule has 2 amide bonds. The Morgan fingerprint density at radius 3 is 2.44 bits per heavy atom. The molecule has 194 valence electrons. The summed E-state index contributed by atoms with van der Waals surface area (Å²) in [5.41, 5.74) is 5.08. The van der Waals surface area contributed by atoms with Crippen LogP contribution in [0, 0.1) is 13.8 Å². The van der Waals surface area contributed by atoms with E-state index in [2.05, 4.69) is 26.0 Å². The van der Waals surface area contributed by atoms with Crippen LogP contribution in [0.3, 0.4) is 0 Å². The summed E-state index contributed by atoms with van der Waals surface area (Å²) in [6.45, 7) is 10.9. The maximum Gasteiger partial charge on any atom is 0.274 e. The smallest absolute Gasteiger partial charge is 0.274 e. The summed E-state index contributed by atoms with van der Waals surface area (Å²) in [6.07, 6.45) is 4.48. The Kier molecular flexibility index (Phi) is 7.06. The topological polar surface area (TPSA) is 76.9 Å². The van der Waals surface area contributed by atoms with Crippen LogP contribution >= 0.6 is 0 Å². The number of likely N-dealkylation sites (tertiary alicyclic amines) is 1. The Balaban J connectivity index is 1.21. The standard InChI is InChI=1S/C28H38N4O4/c1-18-8-9-23(14-19(18)2)36-22-10-12-30(13-11-22)26(33)17-32-25-7-5-6-24(25)27(29-32)28(34)31-15-20(3)35-21(4)16-31/h8-9,14,20-22H,5-7,10-13,15-17H2,1-4H3/t20-,21+. The van der Waals surface area contributed by atoms with Crippen LogP contribution in [0.1, 0.15) is 66.0 Å². The Morgan fingerprint density at radius 2 is 1.75 bits per heavy atom. The van der Waals surface area contributed by atoms with Crippen LogP contribution < -0.4 is 4.74 Å². The Labute approximate surface area is 213 Å². The molecule has 2 atom stereocenters. The maximum absolute atomic E-state index is 13.4. The van der Waals surface area contributed by atoms with Crippen LogP contribution in [0.2, 0.25) is 0 Å². The van der Waals surface area contributed by atoms with Crippen molar-refractivity contribution >= 4 is 11.8 Å². The highest BCUT2D eigenvalue weighted by atomic mass is 16.5. The molecule has 2 saturated heterocycles. The first-order valence-corrected chi connectivity index (χ1v) is 13.3. The van der Waals surface area contributed by atoms with Gasteiger partial charge in [-0.15, -0.1) is 0 Å². The van der Waals surface area contributed by atoms with Crippen molar-refractivity contribution in [2.45, 2.75) is 84.7 Å². The Morgan fingerprint density at radius 1 is 1.03 bits per heavy atom. The average molecular weight is 495 g/mol. The number of benzene rings is 1. The molecule has 2 aliphatic heterocycles. The molecule has 3 heterocycles. The second-order valence-corrected chi connectivity index (χ2v) is 10.7. The number of fused-ring (bicyclic) bond motifs is 1. The molecule has 1 aliphatic carbocycles. The van der Waals surface area contributed by atoms with Gasteiger partial charge in [-0.05, 0) is 70.2 Å². The van der Waals surface area contributed by atoms with E-state index in [9.17, 15) is 9.59 Å². The molecule has 3 aliphatic rings. The number of carbonyl (C=O) groups is 2. The summed E-state index contributed by atoms with van der Waals surface area (Å²) < 4.78 is 13.8. The lowest BCUT2D eigenvalue weighted by atomic mass is 10.1. The second kappa shape index (κ2) is 10.2. The summed E-state index contributed by atoms with van der Waals surface area (Å²) in [5.74, 6) is 0.923. The summed E-state index contributed by atoms with van der Waals surface area (Å²) in [4.78, 5) is 30.3. The second-order valence-electron chi connectivity index (χ2n) is 10.7. The minimum atomic E-state index is -0.0364. The molecule has 0 unspecified atom stereocenters. The lowest BCUT2D eigenvalue weighted by Gasteiger charge is -2.35. The molecule has 0 saturated carbocycles. The molecule has 8 nitrogen and oxygen atoms in total. The molecule has 1 aromatic heterocycles. The van der Waals surface area contributed by atoms with Crippen LogP contribution in [0.25, 0.3) is 0 Å². The first kappa shape index (κ1) is 24.8. The molecule has 36 heavy (non-hydrogen) atoms. The molecule has 0 N–H and O–H groups in total. The van der Waals surface area contributed by atoms with E-state index in [0.29, 0.717) is 31.9 Å². The van der Waals surface area contributed by atoms with Crippen molar-refractivity contribution in [1.82, 2.24) is 19.6 Å². The number of nitrogens with zero attached hydrogens (tertiary/aromatic N) is 4. The summed E-state index contributed by atoms with van der Waals surface area (Å²) in [6, 6.07) is 6.20. The quantitative estimate of drug-likeness (QED) is 0.638. The molecule has 2 fully saturated rings. The van der Waals surface area contributed by atoms with E-state index in [1.165, 1.54) is 11.1 Å². The van der Waals surface area contributed by atoms with E-state index < -0.39 is 0 Å². The Bertz CT molecular complexity index is 1120. The first-order valence-electron chi connectivity index (χ1n) is 13.3. The van der Waals surface area contributed by atoms with Crippen LogP contribution in [-0.4, -0.2) is 75.9 Å². The zero-order valence-electron chi connectivity index (χ0n) is 22.0. The van der Waals surface area contributed by atoms with Crippen molar-refractivity contribution in [3.8, 4) is 5.75 Å². The van der Waals surface area contributed by atoms with Gasteiger partial charge in [0.1, 0.15) is 18.4 Å². The zero-order chi connectivity index (χ0) is 25.4. The third kappa shape index (κ3) is 5.14. The van der Waals surface area contributed by atoms with Gasteiger partial charge in [0.2, 0.25) is 5.91 Å². The zero-order valence-corrected chi connectivity index (χ0v) is 22.0. The van der Waals surface area contributed by atoms with Gasteiger partial charge in [0.15, 0.2) is 5.69 Å². The van der Waals surface area contributed by atoms with Crippen molar-refractivity contribution in [3.63, 3.8) is 0 Å². The van der Waals surface area contributed by atoms with Crippen LogP contribution in [-0.2, 0) is 28.9 Å². The number of hydrogen-bond acceptors (Lipinski definition) is 5. The number of carbonyl (C=O) groups excluding carboxylic acids is 2. The molecule has 1 aromatic carbocycles. The van der Waals surface area contributed by atoms with Gasteiger partial charge in [0, 0.05) is 50.3 Å². The van der Waals surface area contributed by atoms with Crippen molar-refractivity contribution < 1.29 is 19.1 Å². The summed E-state index contributed by atoms with van der Waals surface area (Å²) >= 11 is 0. The number of piperidine rings is 1. The molecule has 5 rings (SSSR count). The minimum Gasteiger partial charge on any atom is -0.490 e. The third-order valence-corrected chi connectivity index (χ3v) is 7.78. The molecule has 0 bridgehead atoms. The van der Waals surface area contributed by atoms with E-state index in [0.717, 1.165) is 49.1 Å². The number of morpholine rings is 1. The van der Waals surface area contributed by atoms with E-state index in [1.807, 2.05) is 29.7 Å². The highest BCUT2D eigenvalue weighted by molar-refractivity contribution is 5.94. The molecule has 2 aromatic rings. The predicted octanol–water partition coefficient (Wildman–Crippen LogP) is 3.31. The number of ether oxygens (including phenoxy) is 2. The Hall–Kier alpha value is -2.87. The molecular formula is C28H38N4O4. The fourth-order valence-electron chi connectivity index (χ4n) is 5.74. The highest BCUT2D eigenvalue weighted by Crippen LogP contribution is 2.28. The largest absolute Gasteiger partial charge is 0.490 e. The monoisotopic (exact) mass is 494 g/mol. The van der Waals surface area contributed by atoms with Crippen molar-refractivity contribution in [2.75, 3.05) is 26.2 Å². The van der Waals surface area contributed by atoms with Gasteiger partial charge in [-0.25, -0.2) is 0 Å². The summed E-state index contributed by atoms with van der Waals surface area (Å²) in [7, 11) is 0. The van der Waals surface area contributed by atoms with Crippen molar-refractivity contribution in [3.05, 3.63) is 46.3 Å². The van der Waals surface area contributed by atoms with Gasteiger partial charge in [0.25, 0.3) is 5.91 Å². The number of amides is 2. The lowest BCUT2D eigenvalue weighted by Crippen LogP contribution is -2.48.